The number of benzene rings is 3. The number of carbonyl (C=O) groups excluding carboxylic acids is 1. The fraction of sp³-hybridized carbons (Fsp3) is 0.0500. The van der Waals surface area contributed by atoms with Crippen LogP contribution < -0.4 is 10.1 Å². The Morgan fingerprint density at radius 3 is 2.56 bits per heavy atom. The molecule has 5 heteroatoms. The smallest absolute Gasteiger partial charge is 0.259 e. The van der Waals surface area contributed by atoms with Crippen LogP contribution in [-0.4, -0.2) is 11.0 Å². The van der Waals surface area contributed by atoms with Crippen molar-refractivity contribution in [3.05, 3.63) is 88.4 Å². The van der Waals surface area contributed by atoms with Gasteiger partial charge in [0.15, 0.2) is 0 Å². The zero-order valence-electron chi connectivity index (χ0n) is 13.3. The number of hydrogen-bond donors (Lipinski definition) is 2. The van der Waals surface area contributed by atoms with Crippen LogP contribution in [0.3, 0.4) is 0 Å². The molecule has 0 fully saturated rings. The van der Waals surface area contributed by atoms with Gasteiger partial charge in [-0.25, -0.2) is 0 Å². The fourth-order valence-corrected chi connectivity index (χ4v) is 2.73. The summed E-state index contributed by atoms with van der Waals surface area (Å²) in [7, 11) is 0. The van der Waals surface area contributed by atoms with Gasteiger partial charge in [-0.05, 0) is 30.3 Å². The van der Waals surface area contributed by atoms with Gasteiger partial charge in [0, 0.05) is 21.8 Å². The molecule has 0 aliphatic heterocycles. The number of phenolic OH excluding ortho intramolecular Hbond substituents is 1. The highest BCUT2D eigenvalue weighted by molar-refractivity contribution is 9.10. The van der Waals surface area contributed by atoms with Crippen molar-refractivity contribution in [1.29, 1.82) is 0 Å². The van der Waals surface area contributed by atoms with Gasteiger partial charge in [-0.1, -0.05) is 52.3 Å². The molecule has 0 atom stereocenters. The number of para-hydroxylation sites is 1. The Balaban J connectivity index is 1.76. The summed E-state index contributed by atoms with van der Waals surface area (Å²) in [6.07, 6.45) is 0. The quantitative estimate of drug-likeness (QED) is 0.637. The van der Waals surface area contributed by atoms with Crippen LogP contribution in [0, 0.1) is 0 Å². The molecule has 0 aliphatic carbocycles. The SMILES string of the molecule is O=C(Nc1cccc(O)c1)c1ccccc1OCc1ccccc1Br. The van der Waals surface area contributed by atoms with Gasteiger partial charge in [-0.2, -0.15) is 0 Å². The molecule has 0 spiro atoms. The lowest BCUT2D eigenvalue weighted by Gasteiger charge is -2.12. The van der Waals surface area contributed by atoms with Crippen molar-refractivity contribution in [2.24, 2.45) is 0 Å². The monoisotopic (exact) mass is 397 g/mol. The highest BCUT2D eigenvalue weighted by atomic mass is 79.9. The van der Waals surface area contributed by atoms with E-state index in [9.17, 15) is 9.90 Å². The van der Waals surface area contributed by atoms with E-state index in [0.717, 1.165) is 10.0 Å². The maximum absolute atomic E-state index is 12.5. The van der Waals surface area contributed by atoms with E-state index in [1.54, 1.807) is 36.4 Å². The minimum atomic E-state index is -0.298. The molecule has 1 amide bonds. The highest BCUT2D eigenvalue weighted by Crippen LogP contribution is 2.24. The van der Waals surface area contributed by atoms with Gasteiger partial charge in [0.25, 0.3) is 5.91 Å². The molecule has 126 valence electrons. The number of anilines is 1. The normalized spacial score (nSPS) is 10.3. The van der Waals surface area contributed by atoms with Gasteiger partial charge in [0.1, 0.15) is 18.1 Å². The molecule has 0 saturated heterocycles. The Morgan fingerprint density at radius 1 is 1.00 bits per heavy atom. The largest absolute Gasteiger partial charge is 0.508 e. The Bertz CT molecular complexity index is 895. The molecule has 25 heavy (non-hydrogen) atoms. The Kier molecular flexibility index (Phi) is 5.36. The topological polar surface area (TPSA) is 58.6 Å². The Morgan fingerprint density at radius 2 is 1.76 bits per heavy atom. The highest BCUT2D eigenvalue weighted by Gasteiger charge is 2.13. The lowest BCUT2D eigenvalue weighted by Crippen LogP contribution is -2.13. The van der Waals surface area contributed by atoms with Gasteiger partial charge in [-0.3, -0.25) is 4.79 Å². The first-order valence-corrected chi connectivity index (χ1v) is 8.48. The minimum absolute atomic E-state index is 0.0938. The maximum atomic E-state index is 12.5. The number of ether oxygens (including phenoxy) is 1. The van der Waals surface area contributed by atoms with Crippen molar-refractivity contribution in [3.8, 4) is 11.5 Å². The van der Waals surface area contributed by atoms with Gasteiger partial charge in [-0.15, -0.1) is 0 Å². The first-order chi connectivity index (χ1) is 12.1. The van der Waals surface area contributed by atoms with Gasteiger partial charge < -0.3 is 15.2 Å². The van der Waals surface area contributed by atoms with Crippen molar-refractivity contribution in [3.63, 3.8) is 0 Å². The summed E-state index contributed by atoms with van der Waals surface area (Å²) in [5, 5.41) is 12.3. The van der Waals surface area contributed by atoms with Crippen LogP contribution in [0.1, 0.15) is 15.9 Å². The number of halogens is 1. The Hall–Kier alpha value is -2.79. The first-order valence-electron chi connectivity index (χ1n) is 7.69. The number of hydrogen-bond acceptors (Lipinski definition) is 3. The summed E-state index contributed by atoms with van der Waals surface area (Å²) in [6, 6.07) is 21.2. The molecule has 0 bridgehead atoms. The molecular formula is C20H16BrNO3. The Labute approximate surface area is 154 Å². The average molecular weight is 398 g/mol. The van der Waals surface area contributed by atoms with Crippen LogP contribution in [0.2, 0.25) is 0 Å². The zero-order chi connectivity index (χ0) is 17.6. The molecule has 0 radical (unpaired) electrons. The predicted octanol–water partition coefficient (Wildman–Crippen LogP) is 4.99. The van der Waals surface area contributed by atoms with E-state index in [0.29, 0.717) is 23.6 Å². The van der Waals surface area contributed by atoms with Crippen molar-refractivity contribution < 1.29 is 14.6 Å². The number of nitrogens with one attached hydrogen (secondary N) is 1. The van der Waals surface area contributed by atoms with Gasteiger partial charge in [0.05, 0.1) is 5.56 Å². The maximum Gasteiger partial charge on any atom is 0.259 e. The van der Waals surface area contributed by atoms with E-state index in [1.807, 2.05) is 30.3 Å². The molecule has 3 aromatic rings. The molecule has 2 N–H and O–H groups in total. The summed E-state index contributed by atoms with van der Waals surface area (Å²) in [6.45, 7) is 0.345. The summed E-state index contributed by atoms with van der Waals surface area (Å²) in [5.74, 6) is 0.292. The van der Waals surface area contributed by atoms with Crippen molar-refractivity contribution >= 4 is 27.5 Å². The predicted molar refractivity (Wildman–Crippen MR) is 101 cm³/mol. The number of carbonyl (C=O) groups is 1. The number of rotatable bonds is 5. The lowest BCUT2D eigenvalue weighted by atomic mass is 10.1. The third kappa shape index (κ3) is 4.39. The van der Waals surface area contributed by atoms with Crippen LogP contribution in [0.5, 0.6) is 11.5 Å². The summed E-state index contributed by atoms with van der Waals surface area (Å²) in [4.78, 5) is 12.5. The molecule has 0 saturated carbocycles. The second kappa shape index (κ2) is 7.85. The lowest BCUT2D eigenvalue weighted by molar-refractivity contribution is 0.102. The van der Waals surface area contributed by atoms with Gasteiger partial charge in [0.2, 0.25) is 0 Å². The molecule has 0 unspecified atom stereocenters. The second-order valence-electron chi connectivity index (χ2n) is 5.38. The third-order valence-electron chi connectivity index (χ3n) is 3.58. The van der Waals surface area contributed by atoms with E-state index >= 15 is 0 Å². The number of amides is 1. The first kappa shape index (κ1) is 17.0. The van der Waals surface area contributed by atoms with Gasteiger partial charge >= 0.3 is 0 Å². The summed E-state index contributed by atoms with van der Waals surface area (Å²) >= 11 is 3.49. The molecule has 3 aromatic carbocycles. The van der Waals surface area contributed by atoms with Crippen LogP contribution in [0.25, 0.3) is 0 Å². The van der Waals surface area contributed by atoms with Crippen molar-refractivity contribution in [1.82, 2.24) is 0 Å². The summed E-state index contributed by atoms with van der Waals surface area (Å²) in [5.41, 5.74) is 1.94. The van der Waals surface area contributed by atoms with Crippen LogP contribution in [0.15, 0.2) is 77.3 Å². The van der Waals surface area contributed by atoms with E-state index < -0.39 is 0 Å². The third-order valence-corrected chi connectivity index (χ3v) is 4.35. The van der Waals surface area contributed by atoms with E-state index in [-0.39, 0.29) is 11.7 Å². The van der Waals surface area contributed by atoms with E-state index in [2.05, 4.69) is 21.2 Å². The summed E-state index contributed by atoms with van der Waals surface area (Å²) < 4.78 is 6.80. The van der Waals surface area contributed by atoms with Crippen LogP contribution in [0.4, 0.5) is 5.69 Å². The van der Waals surface area contributed by atoms with Crippen LogP contribution in [-0.2, 0) is 6.61 Å². The molecule has 0 heterocycles. The number of aromatic hydroxyl groups is 1. The standard InChI is InChI=1S/C20H16BrNO3/c21-18-10-3-1-6-14(18)13-25-19-11-4-2-9-17(19)20(24)22-15-7-5-8-16(23)12-15/h1-12,23H,13H2,(H,22,24). The second-order valence-corrected chi connectivity index (χ2v) is 6.24. The molecule has 0 aliphatic rings. The molecule has 4 nitrogen and oxygen atoms in total. The fourth-order valence-electron chi connectivity index (χ4n) is 2.33. The zero-order valence-corrected chi connectivity index (χ0v) is 14.9. The minimum Gasteiger partial charge on any atom is -0.508 e. The van der Waals surface area contributed by atoms with Crippen molar-refractivity contribution in [2.75, 3.05) is 5.32 Å². The van der Waals surface area contributed by atoms with E-state index in [4.69, 9.17) is 4.74 Å². The van der Waals surface area contributed by atoms with Crippen LogP contribution >= 0.6 is 15.9 Å². The average Bonchev–Trinajstić information content (AvgIpc) is 2.61. The van der Waals surface area contributed by atoms with E-state index in [1.165, 1.54) is 6.07 Å². The molecule has 3 rings (SSSR count). The number of phenols is 1. The van der Waals surface area contributed by atoms with Crippen molar-refractivity contribution in [2.45, 2.75) is 6.61 Å². The molecule has 0 aromatic heterocycles. The molecular weight excluding hydrogens is 382 g/mol.